The van der Waals surface area contributed by atoms with E-state index in [2.05, 4.69) is 71.5 Å². The van der Waals surface area contributed by atoms with Crippen molar-refractivity contribution in [1.29, 1.82) is 0 Å². The molecule has 2 heteroatoms. The van der Waals surface area contributed by atoms with Gasteiger partial charge in [-0.1, -0.05) is 54.1 Å². The molecule has 0 bridgehead atoms. The Bertz CT molecular complexity index is 863. The minimum Gasteiger partial charge on any atom is -0.194 e. The van der Waals surface area contributed by atoms with Crippen molar-refractivity contribution in [3.05, 3.63) is 88.9 Å². The van der Waals surface area contributed by atoms with E-state index in [9.17, 15) is 0 Å². The summed E-state index contributed by atoms with van der Waals surface area (Å²) in [6, 6.07) is 25.2. The van der Waals surface area contributed by atoms with E-state index in [1.54, 1.807) is 0 Å². The van der Waals surface area contributed by atoms with E-state index in [1.165, 1.54) is 22.3 Å². The number of hydrogen-bond donors (Lipinski definition) is 0. The monoisotopic (exact) mass is 304 g/mol. The average Bonchev–Trinajstić information content (AvgIpc) is 2.72. The molecule has 106 valence electrons. The van der Waals surface area contributed by atoms with E-state index in [0.717, 1.165) is 17.3 Å². The van der Waals surface area contributed by atoms with Crippen LogP contribution in [0.1, 0.15) is 11.1 Å². The average molecular weight is 305 g/mol. The van der Waals surface area contributed by atoms with E-state index in [0.29, 0.717) is 0 Å². The molecule has 0 aliphatic carbocycles. The lowest BCUT2D eigenvalue weighted by Crippen LogP contribution is -2.06. The number of halogens is 1. The van der Waals surface area contributed by atoms with Crippen LogP contribution in [0.5, 0.6) is 0 Å². The summed E-state index contributed by atoms with van der Waals surface area (Å²) >= 11 is 6.02. The SMILES string of the molecule is Clc1ccc([N+]2=Cc3ccccc3-c3ccccc3C2)cc1. The highest BCUT2D eigenvalue weighted by molar-refractivity contribution is 6.30. The van der Waals surface area contributed by atoms with E-state index in [4.69, 9.17) is 11.6 Å². The topological polar surface area (TPSA) is 3.01 Å². The number of hydrogen-bond acceptors (Lipinski definition) is 0. The third kappa shape index (κ3) is 2.34. The molecular formula is C20H15ClN+. The third-order valence-corrected chi connectivity index (χ3v) is 4.31. The van der Waals surface area contributed by atoms with Gasteiger partial charge in [-0.15, -0.1) is 0 Å². The van der Waals surface area contributed by atoms with Gasteiger partial charge in [0.25, 0.3) is 0 Å². The summed E-state index contributed by atoms with van der Waals surface area (Å²) in [5.41, 5.74) is 6.32. The summed E-state index contributed by atoms with van der Waals surface area (Å²) in [6.45, 7) is 0.854. The van der Waals surface area contributed by atoms with Crippen molar-refractivity contribution in [3.63, 3.8) is 0 Å². The normalized spacial score (nSPS) is 12.9. The van der Waals surface area contributed by atoms with Crippen molar-refractivity contribution >= 4 is 23.5 Å². The molecule has 1 nitrogen and oxygen atoms in total. The van der Waals surface area contributed by atoms with Crippen LogP contribution >= 0.6 is 11.6 Å². The smallest absolute Gasteiger partial charge is 0.194 e. The molecule has 1 aliphatic rings. The number of fused-ring (bicyclic) bond motifs is 3. The Hall–Kier alpha value is -2.38. The molecule has 0 atom stereocenters. The zero-order valence-corrected chi connectivity index (χ0v) is 12.8. The van der Waals surface area contributed by atoms with Crippen LogP contribution in [-0.2, 0) is 6.54 Å². The zero-order chi connectivity index (χ0) is 14.9. The first-order valence-electron chi connectivity index (χ1n) is 7.36. The van der Waals surface area contributed by atoms with Crippen LogP contribution in [-0.4, -0.2) is 10.8 Å². The van der Waals surface area contributed by atoms with E-state index in [1.807, 2.05) is 12.1 Å². The maximum absolute atomic E-state index is 6.02. The van der Waals surface area contributed by atoms with Crippen molar-refractivity contribution in [2.24, 2.45) is 0 Å². The zero-order valence-electron chi connectivity index (χ0n) is 12.0. The van der Waals surface area contributed by atoms with E-state index in [-0.39, 0.29) is 0 Å². The van der Waals surface area contributed by atoms with Crippen molar-refractivity contribution in [2.45, 2.75) is 6.54 Å². The van der Waals surface area contributed by atoms with Crippen LogP contribution in [0.4, 0.5) is 5.69 Å². The second kappa shape index (κ2) is 5.43. The fourth-order valence-electron chi connectivity index (χ4n) is 2.97. The van der Waals surface area contributed by atoms with Gasteiger partial charge in [0.2, 0.25) is 5.69 Å². The summed E-state index contributed by atoms with van der Waals surface area (Å²) in [4.78, 5) is 0. The molecule has 4 rings (SSSR count). The molecule has 0 fully saturated rings. The van der Waals surface area contributed by atoms with Gasteiger partial charge in [-0.25, -0.2) is 0 Å². The van der Waals surface area contributed by atoms with Crippen LogP contribution in [0, 0.1) is 0 Å². The van der Waals surface area contributed by atoms with Crippen molar-refractivity contribution in [3.8, 4) is 11.1 Å². The Morgan fingerprint density at radius 3 is 2.23 bits per heavy atom. The first-order valence-corrected chi connectivity index (χ1v) is 7.73. The van der Waals surface area contributed by atoms with E-state index < -0.39 is 0 Å². The van der Waals surface area contributed by atoms with Crippen molar-refractivity contribution in [1.82, 2.24) is 0 Å². The molecule has 0 aromatic heterocycles. The lowest BCUT2D eigenvalue weighted by molar-refractivity contribution is -0.452. The quantitative estimate of drug-likeness (QED) is 0.538. The molecule has 0 saturated carbocycles. The predicted octanol–water partition coefficient (Wildman–Crippen LogP) is 5.28. The first-order chi connectivity index (χ1) is 10.8. The van der Waals surface area contributed by atoms with Gasteiger partial charge >= 0.3 is 0 Å². The molecule has 3 aromatic carbocycles. The molecule has 0 unspecified atom stereocenters. The fourth-order valence-corrected chi connectivity index (χ4v) is 3.10. The van der Waals surface area contributed by atoms with Crippen LogP contribution in [0.25, 0.3) is 11.1 Å². The maximum Gasteiger partial charge on any atom is 0.205 e. The Kier molecular flexibility index (Phi) is 3.28. The maximum atomic E-state index is 6.02. The molecule has 3 aromatic rings. The van der Waals surface area contributed by atoms with Gasteiger partial charge in [0.1, 0.15) is 0 Å². The van der Waals surface area contributed by atoms with Crippen molar-refractivity contribution in [2.75, 3.05) is 0 Å². The van der Waals surface area contributed by atoms with E-state index >= 15 is 0 Å². The Balaban J connectivity index is 1.93. The van der Waals surface area contributed by atoms with Gasteiger partial charge in [0, 0.05) is 28.3 Å². The second-order valence-electron chi connectivity index (χ2n) is 5.48. The highest BCUT2D eigenvalue weighted by Gasteiger charge is 2.20. The van der Waals surface area contributed by atoms with Gasteiger partial charge in [-0.3, -0.25) is 0 Å². The Morgan fingerprint density at radius 2 is 1.41 bits per heavy atom. The van der Waals surface area contributed by atoms with Gasteiger partial charge in [0.05, 0.1) is 0 Å². The third-order valence-electron chi connectivity index (χ3n) is 4.06. The molecule has 1 aliphatic heterocycles. The summed E-state index contributed by atoms with van der Waals surface area (Å²) in [5, 5.41) is 0.763. The number of benzene rings is 3. The second-order valence-corrected chi connectivity index (χ2v) is 5.91. The Labute approximate surface area is 135 Å². The largest absolute Gasteiger partial charge is 0.205 e. The lowest BCUT2D eigenvalue weighted by atomic mass is 9.97. The summed E-state index contributed by atoms with van der Waals surface area (Å²) in [5.74, 6) is 0. The van der Waals surface area contributed by atoms with Crippen LogP contribution in [0.2, 0.25) is 5.02 Å². The van der Waals surface area contributed by atoms with Gasteiger partial charge in [-0.2, -0.15) is 4.58 Å². The highest BCUT2D eigenvalue weighted by Crippen LogP contribution is 2.31. The molecule has 0 N–H and O–H groups in total. The lowest BCUT2D eigenvalue weighted by Gasteiger charge is -2.06. The Morgan fingerprint density at radius 1 is 0.727 bits per heavy atom. The van der Waals surface area contributed by atoms with Crippen LogP contribution < -0.4 is 0 Å². The summed E-state index contributed by atoms with van der Waals surface area (Å²) in [6.07, 6.45) is 2.22. The first kappa shape index (κ1) is 13.3. The van der Waals surface area contributed by atoms with Gasteiger partial charge in [-0.05, 0) is 29.3 Å². The minimum absolute atomic E-state index is 0.763. The van der Waals surface area contributed by atoms with Gasteiger partial charge < -0.3 is 0 Å². The number of nitrogens with zero attached hydrogens (tertiary/aromatic N) is 1. The summed E-state index contributed by atoms with van der Waals surface area (Å²) < 4.78 is 2.28. The minimum atomic E-state index is 0.763. The van der Waals surface area contributed by atoms with Crippen molar-refractivity contribution < 1.29 is 4.58 Å². The molecule has 22 heavy (non-hydrogen) atoms. The standard InChI is InChI=1S/C20H15ClN/c21-17-9-11-18(12-10-17)22-13-15-5-1-3-7-19(15)20-8-4-2-6-16(20)14-22/h1-13H,14H2/q+1. The fraction of sp³-hybridized carbons (Fsp3) is 0.0500. The highest BCUT2D eigenvalue weighted by atomic mass is 35.5. The van der Waals surface area contributed by atoms with Gasteiger partial charge in [0.15, 0.2) is 12.8 Å². The predicted molar refractivity (Wildman–Crippen MR) is 92.1 cm³/mol. The molecule has 0 amide bonds. The molecular weight excluding hydrogens is 290 g/mol. The molecule has 0 spiro atoms. The number of rotatable bonds is 1. The molecule has 0 saturated heterocycles. The molecule has 1 heterocycles. The van der Waals surface area contributed by atoms with Crippen LogP contribution in [0.15, 0.2) is 72.8 Å². The summed E-state index contributed by atoms with van der Waals surface area (Å²) in [7, 11) is 0. The van der Waals surface area contributed by atoms with Crippen LogP contribution in [0.3, 0.4) is 0 Å². The molecule has 0 radical (unpaired) electrons.